The molecule has 1 aromatic carbocycles. The monoisotopic (exact) mass is 289 g/mol. The Hall–Kier alpha value is -0.980. The number of nitrogens with two attached hydrogens (primary N) is 1. The van der Waals surface area contributed by atoms with Crippen LogP contribution in [0.1, 0.15) is 77.3 Å². The molecular formula is C20H35N. The molecule has 1 unspecified atom stereocenters. The molecule has 0 aliphatic heterocycles. The zero-order chi connectivity index (χ0) is 15.7. The van der Waals surface area contributed by atoms with E-state index in [-0.39, 0.29) is 0 Å². The first kappa shape index (κ1) is 18.1. The molecule has 0 aromatic heterocycles. The van der Waals surface area contributed by atoms with Gasteiger partial charge in [-0.25, -0.2) is 0 Å². The van der Waals surface area contributed by atoms with Crippen LogP contribution in [0.2, 0.25) is 0 Å². The van der Waals surface area contributed by atoms with Crippen molar-refractivity contribution >= 4 is 5.69 Å². The summed E-state index contributed by atoms with van der Waals surface area (Å²) >= 11 is 0. The zero-order valence-corrected chi connectivity index (χ0v) is 14.6. The van der Waals surface area contributed by atoms with Crippen LogP contribution in [0.15, 0.2) is 18.2 Å². The summed E-state index contributed by atoms with van der Waals surface area (Å²) in [4.78, 5) is 0. The lowest BCUT2D eigenvalue weighted by molar-refractivity contribution is 0.510. The number of aryl methyl sites for hydroxylation is 2. The number of rotatable bonds is 4. The fraction of sp³-hybridized carbons (Fsp3) is 0.700. The highest BCUT2D eigenvalue weighted by atomic mass is 14.5. The van der Waals surface area contributed by atoms with Crippen LogP contribution in [-0.2, 0) is 12.8 Å². The Morgan fingerprint density at radius 3 is 2.38 bits per heavy atom. The van der Waals surface area contributed by atoms with Crippen molar-refractivity contribution in [2.45, 2.75) is 79.1 Å². The average Bonchev–Trinajstić information content (AvgIpc) is 2.62. The van der Waals surface area contributed by atoms with Gasteiger partial charge in [0.1, 0.15) is 0 Å². The Bertz CT molecular complexity index is 395. The smallest absolute Gasteiger partial charge is 0.0316 e. The molecule has 2 N–H and O–H groups in total. The number of hydrogen-bond acceptors (Lipinski definition) is 1. The second-order valence-corrected chi connectivity index (χ2v) is 7.10. The third-order valence-electron chi connectivity index (χ3n) is 4.43. The Labute approximate surface area is 132 Å². The van der Waals surface area contributed by atoms with Gasteiger partial charge in [0.05, 0.1) is 0 Å². The molecule has 1 aromatic rings. The molecule has 1 aliphatic rings. The lowest BCUT2D eigenvalue weighted by Gasteiger charge is -2.05. The molecule has 2 rings (SSSR count). The minimum Gasteiger partial charge on any atom is -0.399 e. The van der Waals surface area contributed by atoms with Crippen LogP contribution in [0, 0.1) is 11.8 Å². The molecule has 1 nitrogen and oxygen atoms in total. The number of unbranched alkanes of at least 4 members (excludes halogenated alkanes) is 2. The van der Waals surface area contributed by atoms with Crippen molar-refractivity contribution in [1.29, 1.82) is 0 Å². The number of benzene rings is 1. The third-order valence-corrected chi connectivity index (χ3v) is 4.43. The standard InChI is InChI=1S/C12H17N.C8H18/c1-9-2-4-10-6-7-12(13)8-11(10)5-3-9;1-4-5-6-7-8(2)3/h6-9H,2-5,13H2,1H3;8H,4-7H2,1-3H3. The molecule has 1 atom stereocenters. The van der Waals surface area contributed by atoms with Crippen molar-refractivity contribution in [1.82, 2.24) is 0 Å². The van der Waals surface area contributed by atoms with Gasteiger partial charge >= 0.3 is 0 Å². The fourth-order valence-corrected chi connectivity index (χ4v) is 2.87. The number of hydrogen-bond donors (Lipinski definition) is 1. The second-order valence-electron chi connectivity index (χ2n) is 7.10. The quantitative estimate of drug-likeness (QED) is 0.410. The third kappa shape index (κ3) is 7.55. The summed E-state index contributed by atoms with van der Waals surface area (Å²) < 4.78 is 0. The van der Waals surface area contributed by atoms with Gasteiger partial charge in [0.2, 0.25) is 0 Å². The molecule has 1 heteroatoms. The lowest BCUT2D eigenvalue weighted by Crippen LogP contribution is -1.93. The minimum atomic E-state index is 0.869. The van der Waals surface area contributed by atoms with E-state index in [1.54, 1.807) is 0 Å². The molecule has 0 heterocycles. The zero-order valence-electron chi connectivity index (χ0n) is 14.6. The molecule has 0 saturated carbocycles. The van der Waals surface area contributed by atoms with Crippen molar-refractivity contribution in [3.8, 4) is 0 Å². The van der Waals surface area contributed by atoms with Gasteiger partial charge in [-0.1, -0.05) is 59.4 Å². The van der Waals surface area contributed by atoms with Crippen LogP contribution in [0.5, 0.6) is 0 Å². The Morgan fingerprint density at radius 1 is 1.10 bits per heavy atom. The molecule has 0 saturated heterocycles. The van der Waals surface area contributed by atoms with Crippen LogP contribution in [0.3, 0.4) is 0 Å². The van der Waals surface area contributed by atoms with E-state index < -0.39 is 0 Å². The van der Waals surface area contributed by atoms with Gasteiger partial charge in [-0.15, -0.1) is 0 Å². The van der Waals surface area contributed by atoms with Crippen molar-refractivity contribution < 1.29 is 0 Å². The highest BCUT2D eigenvalue weighted by molar-refractivity contribution is 5.45. The van der Waals surface area contributed by atoms with E-state index in [1.165, 1.54) is 62.5 Å². The molecule has 120 valence electrons. The normalized spacial score (nSPS) is 17.7. The predicted molar refractivity (Wildman–Crippen MR) is 95.6 cm³/mol. The summed E-state index contributed by atoms with van der Waals surface area (Å²) in [5.74, 6) is 1.77. The van der Waals surface area contributed by atoms with Gasteiger partial charge in [-0.2, -0.15) is 0 Å². The van der Waals surface area contributed by atoms with Crippen molar-refractivity contribution in [2.75, 3.05) is 5.73 Å². The summed E-state index contributed by atoms with van der Waals surface area (Å²) in [5, 5.41) is 0. The van der Waals surface area contributed by atoms with Crippen LogP contribution in [-0.4, -0.2) is 0 Å². The van der Waals surface area contributed by atoms with Gasteiger partial charge in [0.25, 0.3) is 0 Å². The molecule has 0 fully saturated rings. The Balaban J connectivity index is 0.000000240. The molecule has 0 bridgehead atoms. The second kappa shape index (κ2) is 9.87. The van der Waals surface area contributed by atoms with E-state index in [1.807, 2.05) is 6.07 Å². The van der Waals surface area contributed by atoms with Gasteiger partial charge in [0, 0.05) is 5.69 Å². The molecule has 21 heavy (non-hydrogen) atoms. The molecule has 0 amide bonds. The van der Waals surface area contributed by atoms with Crippen molar-refractivity contribution in [2.24, 2.45) is 11.8 Å². The van der Waals surface area contributed by atoms with E-state index in [9.17, 15) is 0 Å². The molecule has 0 spiro atoms. The summed E-state index contributed by atoms with van der Waals surface area (Å²) in [6.45, 7) is 9.17. The predicted octanol–water partition coefficient (Wildman–Crippen LogP) is 6.01. The summed E-state index contributed by atoms with van der Waals surface area (Å²) in [7, 11) is 0. The molecule has 0 radical (unpaired) electrons. The van der Waals surface area contributed by atoms with Crippen LogP contribution >= 0.6 is 0 Å². The van der Waals surface area contributed by atoms with Crippen molar-refractivity contribution in [3.63, 3.8) is 0 Å². The molecule has 1 aliphatic carbocycles. The maximum absolute atomic E-state index is 5.77. The van der Waals surface area contributed by atoms with Gasteiger partial charge in [-0.3, -0.25) is 0 Å². The lowest BCUT2D eigenvalue weighted by atomic mass is 10.0. The SMILES string of the molecule is CC1CCc2ccc(N)cc2CC1.CCCCCC(C)C. The topological polar surface area (TPSA) is 26.0 Å². The first-order valence-corrected chi connectivity index (χ1v) is 8.90. The summed E-state index contributed by atoms with van der Waals surface area (Å²) in [5.41, 5.74) is 9.67. The number of nitrogen functional groups attached to an aromatic ring is 1. The van der Waals surface area contributed by atoms with E-state index >= 15 is 0 Å². The minimum absolute atomic E-state index is 0.869. The highest BCUT2D eigenvalue weighted by Gasteiger charge is 2.12. The van der Waals surface area contributed by atoms with Gasteiger partial charge < -0.3 is 5.73 Å². The van der Waals surface area contributed by atoms with E-state index in [0.717, 1.165) is 17.5 Å². The number of fused-ring (bicyclic) bond motifs is 1. The summed E-state index contributed by atoms with van der Waals surface area (Å²) in [6, 6.07) is 6.37. The van der Waals surface area contributed by atoms with Crippen LogP contribution < -0.4 is 5.73 Å². The summed E-state index contributed by atoms with van der Waals surface area (Å²) in [6.07, 6.45) is 10.7. The van der Waals surface area contributed by atoms with Gasteiger partial charge in [0.15, 0.2) is 0 Å². The average molecular weight is 290 g/mol. The first-order chi connectivity index (χ1) is 10.0. The Kier molecular flexibility index (Phi) is 8.49. The largest absolute Gasteiger partial charge is 0.399 e. The van der Waals surface area contributed by atoms with E-state index in [0.29, 0.717) is 0 Å². The van der Waals surface area contributed by atoms with Gasteiger partial charge in [-0.05, 0) is 60.8 Å². The maximum atomic E-state index is 5.77. The first-order valence-electron chi connectivity index (χ1n) is 8.90. The highest BCUT2D eigenvalue weighted by Crippen LogP contribution is 2.25. The van der Waals surface area contributed by atoms with Crippen LogP contribution in [0.4, 0.5) is 5.69 Å². The van der Waals surface area contributed by atoms with Crippen LogP contribution in [0.25, 0.3) is 0 Å². The van der Waals surface area contributed by atoms with E-state index in [4.69, 9.17) is 5.73 Å². The van der Waals surface area contributed by atoms with E-state index in [2.05, 4.69) is 39.8 Å². The molecular weight excluding hydrogens is 254 g/mol. The van der Waals surface area contributed by atoms with Crippen molar-refractivity contribution in [3.05, 3.63) is 29.3 Å². The fourth-order valence-electron chi connectivity index (χ4n) is 2.87. The maximum Gasteiger partial charge on any atom is 0.0316 e. The Morgan fingerprint density at radius 2 is 1.76 bits per heavy atom. The number of anilines is 1.